The van der Waals surface area contributed by atoms with Gasteiger partial charge in [0.25, 0.3) is 0 Å². The average molecular weight is 359 g/mol. The van der Waals surface area contributed by atoms with E-state index in [0.29, 0.717) is 4.77 Å². The average Bonchev–Trinajstić information content (AvgIpc) is 3.23. The minimum Gasteiger partial charge on any atom is -0.269 e. The van der Waals surface area contributed by atoms with Crippen LogP contribution >= 0.6 is 23.8 Å². The molecule has 4 rings (SSSR count). The van der Waals surface area contributed by atoms with Crippen molar-refractivity contribution in [1.29, 1.82) is 0 Å². The molecule has 0 aliphatic carbocycles. The fraction of sp³-hybridized carbons (Fsp3) is 0.188. The van der Waals surface area contributed by atoms with Crippen LogP contribution in [0.1, 0.15) is 29.9 Å². The summed E-state index contributed by atoms with van der Waals surface area (Å²) in [5, 5.41) is 8.02. The molecule has 0 bridgehead atoms. The molecule has 1 saturated heterocycles. The molecule has 1 aliphatic rings. The van der Waals surface area contributed by atoms with E-state index in [9.17, 15) is 0 Å². The second-order valence-corrected chi connectivity index (χ2v) is 6.44. The molecule has 6 nitrogen and oxygen atoms in total. The molecule has 3 aromatic rings. The van der Waals surface area contributed by atoms with Crippen LogP contribution < -0.4 is 10.9 Å². The Morgan fingerprint density at radius 2 is 1.92 bits per heavy atom. The number of halogens is 1. The second-order valence-electron chi connectivity index (χ2n) is 5.61. The number of benzene rings is 1. The first-order chi connectivity index (χ1) is 11.7. The number of hydrazine groups is 1. The Bertz CT molecular complexity index is 889. The Balaban J connectivity index is 1.62. The van der Waals surface area contributed by atoms with Crippen LogP contribution in [0.2, 0.25) is 5.02 Å². The maximum absolute atomic E-state index is 5.96. The second kappa shape index (κ2) is 6.45. The van der Waals surface area contributed by atoms with Gasteiger partial charge in [-0.2, -0.15) is 5.10 Å². The predicted molar refractivity (Wildman–Crippen MR) is 94.4 cm³/mol. The fourth-order valence-electron chi connectivity index (χ4n) is 2.92. The van der Waals surface area contributed by atoms with Crippen LogP contribution in [-0.2, 0) is 0 Å². The highest BCUT2D eigenvalue weighted by Crippen LogP contribution is 2.31. The van der Waals surface area contributed by atoms with Crippen LogP contribution in [-0.4, -0.2) is 19.7 Å². The molecule has 2 atom stereocenters. The van der Waals surface area contributed by atoms with Gasteiger partial charge in [0.15, 0.2) is 10.6 Å². The SMILES string of the molecule is S=c1[nH]nc(C2CC(c3ccc(Cl)cc3)NN2)n1-c1cccnc1. The maximum Gasteiger partial charge on any atom is 0.199 e. The van der Waals surface area contributed by atoms with Gasteiger partial charge in [0.1, 0.15) is 0 Å². The van der Waals surface area contributed by atoms with E-state index in [1.54, 1.807) is 12.4 Å². The van der Waals surface area contributed by atoms with Crippen molar-refractivity contribution < 1.29 is 0 Å². The topological polar surface area (TPSA) is 70.6 Å². The highest BCUT2D eigenvalue weighted by Gasteiger charge is 2.30. The summed E-state index contributed by atoms with van der Waals surface area (Å²) < 4.78 is 2.46. The zero-order valence-electron chi connectivity index (χ0n) is 12.6. The number of pyridine rings is 1. The fourth-order valence-corrected chi connectivity index (χ4v) is 3.29. The lowest BCUT2D eigenvalue weighted by Crippen LogP contribution is -2.28. The smallest absolute Gasteiger partial charge is 0.199 e. The molecule has 0 spiro atoms. The van der Waals surface area contributed by atoms with Crippen molar-refractivity contribution in [3.8, 4) is 5.69 Å². The summed E-state index contributed by atoms with van der Waals surface area (Å²) in [6, 6.07) is 11.9. The maximum atomic E-state index is 5.96. The molecule has 1 aromatic carbocycles. The summed E-state index contributed by atoms with van der Waals surface area (Å²) in [6.45, 7) is 0. The monoisotopic (exact) mass is 358 g/mol. The van der Waals surface area contributed by atoms with E-state index in [1.807, 2.05) is 41.0 Å². The third-order valence-corrected chi connectivity index (χ3v) is 4.62. The van der Waals surface area contributed by atoms with E-state index >= 15 is 0 Å². The first-order valence-electron chi connectivity index (χ1n) is 7.56. The summed E-state index contributed by atoms with van der Waals surface area (Å²) in [4.78, 5) is 4.16. The molecule has 0 radical (unpaired) electrons. The van der Waals surface area contributed by atoms with E-state index in [4.69, 9.17) is 23.8 Å². The minimum absolute atomic E-state index is 0.0267. The van der Waals surface area contributed by atoms with Crippen molar-refractivity contribution in [2.45, 2.75) is 18.5 Å². The van der Waals surface area contributed by atoms with Crippen molar-refractivity contribution >= 4 is 23.8 Å². The lowest BCUT2D eigenvalue weighted by molar-refractivity contribution is 0.534. The Labute approximate surface area is 148 Å². The van der Waals surface area contributed by atoms with Gasteiger partial charge < -0.3 is 0 Å². The summed E-state index contributed by atoms with van der Waals surface area (Å²) in [5.74, 6) is 0.831. The molecule has 0 saturated carbocycles. The predicted octanol–water partition coefficient (Wildman–Crippen LogP) is 3.26. The van der Waals surface area contributed by atoms with Crippen molar-refractivity contribution in [3.05, 3.63) is 70.0 Å². The van der Waals surface area contributed by atoms with Crippen LogP contribution in [0.25, 0.3) is 5.69 Å². The van der Waals surface area contributed by atoms with E-state index in [2.05, 4.69) is 26.0 Å². The Morgan fingerprint density at radius 3 is 2.67 bits per heavy atom. The van der Waals surface area contributed by atoms with Gasteiger partial charge in [-0.1, -0.05) is 23.7 Å². The van der Waals surface area contributed by atoms with Crippen molar-refractivity contribution in [3.63, 3.8) is 0 Å². The van der Waals surface area contributed by atoms with Gasteiger partial charge in [0.2, 0.25) is 0 Å². The lowest BCUT2D eigenvalue weighted by atomic mass is 10.0. The molecule has 1 fully saturated rings. The zero-order chi connectivity index (χ0) is 16.5. The highest BCUT2D eigenvalue weighted by atomic mass is 35.5. The third-order valence-electron chi connectivity index (χ3n) is 4.09. The van der Waals surface area contributed by atoms with E-state index < -0.39 is 0 Å². The minimum atomic E-state index is 0.0267. The first kappa shape index (κ1) is 15.5. The van der Waals surface area contributed by atoms with Gasteiger partial charge in [0, 0.05) is 17.3 Å². The molecular formula is C16H15ClN6S. The number of aromatic amines is 1. The summed E-state index contributed by atoms with van der Waals surface area (Å²) in [5.41, 5.74) is 8.69. The van der Waals surface area contributed by atoms with Crippen LogP contribution in [0.15, 0.2) is 48.8 Å². The molecule has 1 aliphatic heterocycles. The van der Waals surface area contributed by atoms with Gasteiger partial charge >= 0.3 is 0 Å². The van der Waals surface area contributed by atoms with Crippen LogP contribution in [0.4, 0.5) is 0 Å². The number of rotatable bonds is 3. The standard InChI is InChI=1S/C16H15ClN6S/c17-11-5-3-10(4-6-11)13-8-14(20-19-13)15-21-22-16(24)23(15)12-2-1-7-18-9-12/h1-7,9,13-14,19-20H,8H2,(H,22,24). The normalized spacial score (nSPS) is 20.4. The van der Waals surface area contributed by atoms with Crippen LogP contribution in [0.5, 0.6) is 0 Å². The largest absolute Gasteiger partial charge is 0.269 e. The molecule has 3 N–H and O–H groups in total. The van der Waals surface area contributed by atoms with Crippen LogP contribution in [0.3, 0.4) is 0 Å². The number of hydrogen-bond donors (Lipinski definition) is 3. The van der Waals surface area contributed by atoms with Gasteiger partial charge in [-0.3, -0.25) is 14.6 Å². The molecule has 2 aromatic heterocycles. The van der Waals surface area contributed by atoms with Gasteiger partial charge in [0.05, 0.1) is 17.9 Å². The van der Waals surface area contributed by atoms with Gasteiger partial charge in [-0.05, 0) is 48.5 Å². The number of aromatic nitrogens is 4. The summed E-state index contributed by atoms with van der Waals surface area (Å²) in [7, 11) is 0. The Morgan fingerprint density at radius 1 is 1.12 bits per heavy atom. The first-order valence-corrected chi connectivity index (χ1v) is 8.35. The number of nitrogens with one attached hydrogen (secondary N) is 3. The molecular weight excluding hydrogens is 344 g/mol. The molecule has 8 heteroatoms. The highest BCUT2D eigenvalue weighted by molar-refractivity contribution is 7.71. The number of nitrogens with zero attached hydrogens (tertiary/aromatic N) is 3. The molecule has 0 amide bonds. The van der Waals surface area contributed by atoms with Crippen LogP contribution in [0, 0.1) is 4.77 Å². The lowest BCUT2D eigenvalue weighted by Gasteiger charge is -2.11. The van der Waals surface area contributed by atoms with Gasteiger partial charge in [-0.15, -0.1) is 0 Å². The number of hydrogen-bond acceptors (Lipinski definition) is 5. The van der Waals surface area contributed by atoms with E-state index in [0.717, 1.165) is 23.0 Å². The van der Waals surface area contributed by atoms with E-state index in [1.165, 1.54) is 5.56 Å². The van der Waals surface area contributed by atoms with Crippen molar-refractivity contribution in [2.75, 3.05) is 0 Å². The van der Waals surface area contributed by atoms with E-state index in [-0.39, 0.29) is 12.1 Å². The summed E-state index contributed by atoms with van der Waals surface area (Å²) in [6.07, 6.45) is 4.36. The van der Waals surface area contributed by atoms with Gasteiger partial charge in [-0.25, -0.2) is 10.9 Å². The van der Waals surface area contributed by atoms with Crippen molar-refractivity contribution in [1.82, 2.24) is 30.6 Å². The molecule has 122 valence electrons. The summed E-state index contributed by atoms with van der Waals surface area (Å²) >= 11 is 11.3. The van der Waals surface area contributed by atoms with Crippen molar-refractivity contribution in [2.24, 2.45) is 0 Å². The Kier molecular flexibility index (Phi) is 4.15. The zero-order valence-corrected chi connectivity index (χ0v) is 14.2. The molecule has 3 heterocycles. The third kappa shape index (κ3) is 2.87. The number of H-pyrrole nitrogens is 1. The molecule has 2 unspecified atom stereocenters. The molecule has 24 heavy (non-hydrogen) atoms. The Hall–Kier alpha value is -2.06. The quantitative estimate of drug-likeness (QED) is 0.627.